The minimum atomic E-state index is -0.221. The van der Waals surface area contributed by atoms with Crippen molar-refractivity contribution in [1.29, 1.82) is 0 Å². The monoisotopic (exact) mass is 418 g/mol. The maximum Gasteiger partial charge on any atom is 0.298 e. The molecule has 160 valence electrons. The zero-order chi connectivity index (χ0) is 21.2. The van der Waals surface area contributed by atoms with E-state index >= 15 is 0 Å². The number of quaternary nitrogens is 1. The number of piperidine rings is 1. The first-order valence-electron chi connectivity index (χ1n) is 11.0. The van der Waals surface area contributed by atoms with Crippen molar-refractivity contribution in [3.8, 4) is 5.75 Å². The van der Waals surface area contributed by atoms with Crippen molar-refractivity contribution in [2.75, 3.05) is 26.7 Å². The van der Waals surface area contributed by atoms with Crippen molar-refractivity contribution in [2.24, 2.45) is 5.10 Å². The van der Waals surface area contributed by atoms with Crippen LogP contribution in [0.15, 0.2) is 53.6 Å². The third-order valence-corrected chi connectivity index (χ3v) is 6.27. The maximum atomic E-state index is 13.3. The lowest BCUT2D eigenvalue weighted by Gasteiger charge is -2.26. The number of benzene rings is 2. The third-order valence-electron chi connectivity index (χ3n) is 6.27. The van der Waals surface area contributed by atoms with E-state index in [1.165, 1.54) is 24.2 Å². The Hall–Kier alpha value is -3.19. The van der Waals surface area contributed by atoms with E-state index in [1.807, 2.05) is 48.5 Å². The van der Waals surface area contributed by atoms with Gasteiger partial charge in [0.15, 0.2) is 6.54 Å². The molecular weight excluding hydrogens is 390 g/mol. The molecule has 0 aliphatic carbocycles. The summed E-state index contributed by atoms with van der Waals surface area (Å²) < 4.78 is 5.28. The Morgan fingerprint density at radius 1 is 1.13 bits per heavy atom. The fourth-order valence-electron chi connectivity index (χ4n) is 4.57. The molecule has 2 aliphatic heterocycles. The van der Waals surface area contributed by atoms with Crippen LogP contribution in [0.5, 0.6) is 5.75 Å². The van der Waals surface area contributed by atoms with E-state index in [0.29, 0.717) is 13.0 Å². The zero-order valence-corrected chi connectivity index (χ0v) is 17.8. The topological polar surface area (TPSA) is 75.0 Å². The predicted octanol–water partition coefficient (Wildman–Crippen LogP) is 2.32. The van der Waals surface area contributed by atoms with Gasteiger partial charge in [0.25, 0.3) is 5.91 Å². The molecule has 3 heterocycles. The number of hydrogen-bond donors (Lipinski definition) is 2. The smallest absolute Gasteiger partial charge is 0.298 e. The molecule has 5 rings (SSSR count). The molecule has 0 saturated carbocycles. The van der Waals surface area contributed by atoms with E-state index in [0.717, 1.165) is 47.0 Å². The number of aromatic nitrogens is 2. The summed E-state index contributed by atoms with van der Waals surface area (Å²) in [7, 11) is 1.66. The summed E-state index contributed by atoms with van der Waals surface area (Å²) in [5, 5.41) is 6.46. The van der Waals surface area contributed by atoms with E-state index in [9.17, 15) is 4.79 Å². The average Bonchev–Trinajstić information content (AvgIpc) is 3.44. The molecule has 0 radical (unpaired) electrons. The fraction of sp³-hybridized carbons (Fsp3) is 0.375. The van der Waals surface area contributed by atoms with Gasteiger partial charge in [-0.15, -0.1) is 0 Å². The third kappa shape index (κ3) is 4.05. The largest absolute Gasteiger partial charge is 0.497 e. The second-order valence-electron chi connectivity index (χ2n) is 8.36. The molecule has 1 fully saturated rings. The van der Waals surface area contributed by atoms with Crippen molar-refractivity contribution in [3.05, 3.63) is 59.9 Å². The number of aromatic amines is 1. The first-order valence-corrected chi connectivity index (χ1v) is 11.0. The number of rotatable bonds is 5. The number of H-pyrrole nitrogens is 1. The number of nitrogens with one attached hydrogen (secondary N) is 2. The quantitative estimate of drug-likeness (QED) is 0.668. The van der Waals surface area contributed by atoms with E-state index < -0.39 is 0 Å². The van der Waals surface area contributed by atoms with Gasteiger partial charge in [0.05, 0.1) is 36.9 Å². The highest BCUT2D eigenvalue weighted by Gasteiger charge is 2.36. The molecule has 0 unspecified atom stereocenters. The molecule has 7 nitrogen and oxygen atoms in total. The first kappa shape index (κ1) is 19.8. The van der Waals surface area contributed by atoms with Crippen LogP contribution in [0.25, 0.3) is 11.0 Å². The zero-order valence-electron chi connectivity index (χ0n) is 17.8. The standard InChI is InChI=1S/C24H27N5O2/c1-31-18-11-9-17(10-12-18)21-15-22(24-25-19-7-3-4-8-20(19)26-24)29(27-21)23(30)16-28-13-5-2-6-14-28/h3-4,7-12,22H,2,5-6,13-16H2,1H3,(H,25,26)/p+1/t22-/m1/s1. The Kier molecular flexibility index (Phi) is 5.42. The lowest BCUT2D eigenvalue weighted by Crippen LogP contribution is -3.13. The van der Waals surface area contributed by atoms with Crippen LogP contribution in [-0.4, -0.2) is 53.3 Å². The number of carbonyl (C=O) groups excluding carboxylic acids is 1. The predicted molar refractivity (Wildman–Crippen MR) is 119 cm³/mol. The molecular formula is C24H28N5O2+. The van der Waals surface area contributed by atoms with E-state index in [4.69, 9.17) is 14.8 Å². The van der Waals surface area contributed by atoms with Crippen LogP contribution in [0, 0.1) is 0 Å². The van der Waals surface area contributed by atoms with Crippen molar-refractivity contribution >= 4 is 22.7 Å². The minimum Gasteiger partial charge on any atom is -0.497 e. The number of methoxy groups -OCH3 is 1. The molecule has 0 bridgehead atoms. The molecule has 7 heteroatoms. The maximum absolute atomic E-state index is 13.3. The highest BCUT2D eigenvalue weighted by Crippen LogP contribution is 2.32. The molecule has 0 spiro atoms. The number of imidazole rings is 1. The van der Waals surface area contributed by atoms with E-state index in [-0.39, 0.29) is 11.9 Å². The summed E-state index contributed by atoms with van der Waals surface area (Å²) >= 11 is 0. The Morgan fingerprint density at radius 3 is 2.65 bits per heavy atom. The summed E-state index contributed by atoms with van der Waals surface area (Å²) in [6.45, 7) is 2.60. The summed E-state index contributed by atoms with van der Waals surface area (Å²) in [5.41, 5.74) is 3.78. The number of amides is 1. The molecule has 2 aromatic carbocycles. The Bertz CT molecular complexity index is 1070. The molecule has 1 aromatic heterocycles. The van der Waals surface area contributed by atoms with Crippen LogP contribution in [0.2, 0.25) is 0 Å². The van der Waals surface area contributed by atoms with Gasteiger partial charge in [-0.25, -0.2) is 9.99 Å². The Morgan fingerprint density at radius 2 is 1.90 bits per heavy atom. The number of carbonyl (C=O) groups is 1. The van der Waals surface area contributed by atoms with Gasteiger partial charge in [-0.3, -0.25) is 4.79 Å². The van der Waals surface area contributed by atoms with Crippen molar-refractivity contribution in [3.63, 3.8) is 0 Å². The van der Waals surface area contributed by atoms with Gasteiger partial charge in [-0.05, 0) is 61.2 Å². The number of hydrogen-bond acceptors (Lipinski definition) is 4. The van der Waals surface area contributed by atoms with Crippen LogP contribution >= 0.6 is 0 Å². The number of hydrazone groups is 1. The molecule has 31 heavy (non-hydrogen) atoms. The molecule has 3 aromatic rings. The summed E-state index contributed by atoms with van der Waals surface area (Å²) in [4.78, 5) is 22.9. The van der Waals surface area contributed by atoms with Crippen molar-refractivity contribution in [1.82, 2.24) is 15.0 Å². The van der Waals surface area contributed by atoms with Crippen molar-refractivity contribution < 1.29 is 14.4 Å². The van der Waals surface area contributed by atoms with Gasteiger partial charge < -0.3 is 14.6 Å². The van der Waals surface area contributed by atoms with Gasteiger partial charge in [0, 0.05) is 6.42 Å². The highest BCUT2D eigenvalue weighted by molar-refractivity contribution is 6.03. The minimum absolute atomic E-state index is 0.0610. The second-order valence-corrected chi connectivity index (χ2v) is 8.36. The summed E-state index contributed by atoms with van der Waals surface area (Å²) in [6.07, 6.45) is 4.28. The van der Waals surface area contributed by atoms with Gasteiger partial charge in [-0.2, -0.15) is 5.10 Å². The Balaban J connectivity index is 1.45. The summed E-state index contributed by atoms with van der Waals surface area (Å²) in [6, 6.07) is 15.6. The molecule has 2 N–H and O–H groups in total. The van der Waals surface area contributed by atoms with Crippen molar-refractivity contribution in [2.45, 2.75) is 31.7 Å². The van der Waals surface area contributed by atoms with Crippen LogP contribution in [0.3, 0.4) is 0 Å². The molecule has 1 atom stereocenters. The SMILES string of the molecule is COc1ccc(C2=NN(C(=O)C[NH+]3CCCCC3)[C@@H](c3nc4ccccc4[nH]3)C2)cc1. The Labute approximate surface area is 181 Å². The van der Waals surface area contributed by atoms with Gasteiger partial charge in [0.2, 0.25) is 0 Å². The van der Waals surface area contributed by atoms with Crippen LogP contribution in [0.1, 0.15) is 43.1 Å². The number of nitrogens with zero attached hydrogens (tertiary/aromatic N) is 3. The number of fused-ring (bicyclic) bond motifs is 1. The van der Waals surface area contributed by atoms with Crippen LogP contribution in [-0.2, 0) is 4.79 Å². The molecule has 2 aliphatic rings. The highest BCUT2D eigenvalue weighted by atomic mass is 16.5. The van der Waals surface area contributed by atoms with Gasteiger partial charge in [-0.1, -0.05) is 12.1 Å². The summed E-state index contributed by atoms with van der Waals surface area (Å²) in [5.74, 6) is 1.65. The number of likely N-dealkylation sites (tertiary alicyclic amines) is 1. The number of ether oxygens (including phenoxy) is 1. The van der Waals surface area contributed by atoms with Gasteiger partial charge >= 0.3 is 0 Å². The van der Waals surface area contributed by atoms with Gasteiger partial charge in [0.1, 0.15) is 17.6 Å². The average molecular weight is 419 g/mol. The lowest BCUT2D eigenvalue weighted by molar-refractivity contribution is -0.897. The fourth-order valence-corrected chi connectivity index (χ4v) is 4.57. The lowest BCUT2D eigenvalue weighted by atomic mass is 10.0. The van der Waals surface area contributed by atoms with Crippen LogP contribution < -0.4 is 9.64 Å². The molecule has 1 amide bonds. The normalized spacial score (nSPS) is 19.6. The first-order chi connectivity index (χ1) is 15.2. The molecule has 1 saturated heterocycles. The van der Waals surface area contributed by atoms with E-state index in [2.05, 4.69) is 4.98 Å². The second kappa shape index (κ2) is 8.51. The van der Waals surface area contributed by atoms with Crippen LogP contribution in [0.4, 0.5) is 0 Å². The van der Waals surface area contributed by atoms with E-state index in [1.54, 1.807) is 12.1 Å². The number of para-hydroxylation sites is 2.